The monoisotopic (exact) mass is 248 g/mol. The van der Waals surface area contributed by atoms with E-state index in [0.717, 1.165) is 26.2 Å². The molecule has 3 nitrogen and oxygen atoms in total. The molecule has 0 radical (unpaired) electrons. The van der Waals surface area contributed by atoms with E-state index >= 15 is 0 Å². The summed E-state index contributed by atoms with van der Waals surface area (Å²) in [5, 5.41) is 3.43. The molecule has 2 atom stereocenters. The van der Waals surface area contributed by atoms with Crippen molar-refractivity contribution in [2.75, 3.05) is 31.1 Å². The number of nitrogens with zero attached hydrogens (tertiary/aromatic N) is 1. The number of hydrogen-bond acceptors (Lipinski definition) is 3. The summed E-state index contributed by atoms with van der Waals surface area (Å²) in [6.07, 6.45) is 0.333. The third-order valence-electron chi connectivity index (χ3n) is 3.51. The zero-order chi connectivity index (χ0) is 13.0. The molecule has 1 aliphatic heterocycles. The summed E-state index contributed by atoms with van der Waals surface area (Å²) >= 11 is 0. The summed E-state index contributed by atoms with van der Waals surface area (Å²) < 4.78 is 5.57. The topological polar surface area (TPSA) is 24.5 Å². The van der Waals surface area contributed by atoms with Crippen molar-refractivity contribution in [3.8, 4) is 0 Å². The van der Waals surface area contributed by atoms with Crippen LogP contribution in [0.25, 0.3) is 0 Å². The van der Waals surface area contributed by atoms with Crippen LogP contribution in [0.5, 0.6) is 0 Å². The fourth-order valence-electron chi connectivity index (χ4n) is 2.45. The first-order chi connectivity index (χ1) is 8.70. The molecule has 0 aliphatic carbocycles. The van der Waals surface area contributed by atoms with Crippen molar-refractivity contribution in [1.29, 1.82) is 0 Å². The number of anilines is 1. The van der Waals surface area contributed by atoms with E-state index < -0.39 is 0 Å². The van der Waals surface area contributed by atoms with Gasteiger partial charge in [0.05, 0.1) is 12.7 Å². The van der Waals surface area contributed by atoms with Crippen LogP contribution >= 0.6 is 0 Å². The van der Waals surface area contributed by atoms with E-state index in [1.807, 2.05) is 0 Å². The second kappa shape index (κ2) is 6.21. The molecule has 0 bridgehead atoms. The highest BCUT2D eigenvalue weighted by Crippen LogP contribution is 2.21. The minimum absolute atomic E-state index is 0.333. The smallest absolute Gasteiger partial charge is 0.0722 e. The maximum atomic E-state index is 5.57. The highest BCUT2D eigenvalue weighted by atomic mass is 16.5. The van der Waals surface area contributed by atoms with Crippen molar-refractivity contribution in [2.24, 2.45) is 0 Å². The van der Waals surface area contributed by atoms with Gasteiger partial charge in [0.25, 0.3) is 0 Å². The zero-order valence-electron chi connectivity index (χ0n) is 11.6. The Bertz CT molecular complexity index is 363. The zero-order valence-corrected chi connectivity index (χ0v) is 11.6. The molecule has 100 valence electrons. The minimum Gasteiger partial charge on any atom is -0.375 e. The Morgan fingerprint density at radius 2 is 2.11 bits per heavy atom. The van der Waals surface area contributed by atoms with Crippen LogP contribution in [0.4, 0.5) is 5.69 Å². The third kappa shape index (κ3) is 3.24. The standard InChI is InChI=1S/C15H24N2O/c1-4-16-13(3)14-5-7-15(8-6-14)17-9-10-18-12(2)11-17/h5-8,12-13,16H,4,9-11H2,1-3H3. The number of nitrogens with one attached hydrogen (secondary N) is 1. The molecular formula is C15H24N2O. The van der Waals surface area contributed by atoms with Gasteiger partial charge < -0.3 is 15.0 Å². The van der Waals surface area contributed by atoms with Crippen molar-refractivity contribution in [3.63, 3.8) is 0 Å². The van der Waals surface area contributed by atoms with Gasteiger partial charge >= 0.3 is 0 Å². The summed E-state index contributed by atoms with van der Waals surface area (Å²) in [4.78, 5) is 2.40. The Morgan fingerprint density at radius 1 is 1.39 bits per heavy atom. The van der Waals surface area contributed by atoms with Crippen LogP contribution in [0, 0.1) is 0 Å². The number of morpholine rings is 1. The molecule has 0 saturated carbocycles. The van der Waals surface area contributed by atoms with Crippen molar-refractivity contribution < 1.29 is 4.74 Å². The summed E-state index contributed by atoms with van der Waals surface area (Å²) in [5.74, 6) is 0. The molecule has 0 spiro atoms. The molecule has 3 heteroatoms. The fraction of sp³-hybridized carbons (Fsp3) is 0.600. The van der Waals surface area contributed by atoms with E-state index in [1.54, 1.807) is 0 Å². The van der Waals surface area contributed by atoms with Gasteiger partial charge in [-0.25, -0.2) is 0 Å². The molecule has 2 unspecified atom stereocenters. The normalized spacial score (nSPS) is 21.9. The lowest BCUT2D eigenvalue weighted by atomic mass is 10.1. The maximum absolute atomic E-state index is 5.57. The predicted molar refractivity (Wildman–Crippen MR) is 76.2 cm³/mol. The summed E-state index contributed by atoms with van der Waals surface area (Å²) in [6.45, 7) is 10.3. The van der Waals surface area contributed by atoms with Gasteiger partial charge in [-0.15, -0.1) is 0 Å². The van der Waals surface area contributed by atoms with Gasteiger partial charge in [0, 0.05) is 24.8 Å². The largest absolute Gasteiger partial charge is 0.375 e. The van der Waals surface area contributed by atoms with Crippen molar-refractivity contribution in [1.82, 2.24) is 5.32 Å². The Balaban J connectivity index is 2.02. The fourth-order valence-corrected chi connectivity index (χ4v) is 2.45. The molecule has 2 rings (SSSR count). The van der Waals surface area contributed by atoms with E-state index in [1.165, 1.54) is 11.3 Å². The Hall–Kier alpha value is -1.06. The van der Waals surface area contributed by atoms with Gasteiger partial charge in [0.1, 0.15) is 0 Å². The van der Waals surface area contributed by atoms with Crippen molar-refractivity contribution in [3.05, 3.63) is 29.8 Å². The predicted octanol–water partition coefficient (Wildman–Crippen LogP) is 2.58. The second-order valence-corrected chi connectivity index (χ2v) is 5.00. The lowest BCUT2D eigenvalue weighted by Crippen LogP contribution is -2.41. The van der Waals surface area contributed by atoms with Gasteiger partial charge in [0.15, 0.2) is 0 Å². The number of benzene rings is 1. The first-order valence-corrected chi connectivity index (χ1v) is 6.90. The first-order valence-electron chi connectivity index (χ1n) is 6.90. The molecule has 1 aromatic carbocycles. The average molecular weight is 248 g/mol. The van der Waals surface area contributed by atoms with Crippen LogP contribution in [0.2, 0.25) is 0 Å². The molecule has 1 saturated heterocycles. The molecular weight excluding hydrogens is 224 g/mol. The lowest BCUT2D eigenvalue weighted by molar-refractivity contribution is 0.0532. The molecule has 0 amide bonds. The lowest BCUT2D eigenvalue weighted by Gasteiger charge is -2.33. The highest BCUT2D eigenvalue weighted by Gasteiger charge is 2.16. The Labute approximate surface area is 110 Å². The van der Waals surface area contributed by atoms with E-state index in [2.05, 4.69) is 55.3 Å². The first kappa shape index (κ1) is 13.4. The highest BCUT2D eigenvalue weighted by molar-refractivity contribution is 5.48. The SMILES string of the molecule is CCNC(C)c1ccc(N2CCOC(C)C2)cc1. The van der Waals surface area contributed by atoms with Gasteiger partial charge in [0.2, 0.25) is 0 Å². The molecule has 0 aromatic heterocycles. The van der Waals surface area contributed by atoms with Crippen LogP contribution in [-0.4, -0.2) is 32.3 Å². The average Bonchev–Trinajstić information content (AvgIpc) is 2.39. The summed E-state index contributed by atoms with van der Waals surface area (Å²) in [6, 6.07) is 9.32. The maximum Gasteiger partial charge on any atom is 0.0722 e. The third-order valence-corrected chi connectivity index (χ3v) is 3.51. The van der Waals surface area contributed by atoms with Gasteiger partial charge in [-0.05, 0) is 38.1 Å². The second-order valence-electron chi connectivity index (χ2n) is 5.00. The van der Waals surface area contributed by atoms with Crippen LogP contribution in [0.3, 0.4) is 0 Å². The van der Waals surface area contributed by atoms with Crippen LogP contribution in [0.15, 0.2) is 24.3 Å². The van der Waals surface area contributed by atoms with E-state index in [-0.39, 0.29) is 0 Å². The quantitative estimate of drug-likeness (QED) is 0.886. The number of rotatable bonds is 4. The van der Waals surface area contributed by atoms with Crippen molar-refractivity contribution in [2.45, 2.75) is 32.9 Å². The number of ether oxygens (including phenoxy) is 1. The molecule has 1 fully saturated rings. The van der Waals surface area contributed by atoms with Crippen LogP contribution < -0.4 is 10.2 Å². The minimum atomic E-state index is 0.333. The van der Waals surface area contributed by atoms with Crippen LogP contribution in [0.1, 0.15) is 32.4 Å². The Morgan fingerprint density at radius 3 is 2.72 bits per heavy atom. The molecule has 1 aromatic rings. The molecule has 1 aliphatic rings. The van der Waals surface area contributed by atoms with Gasteiger partial charge in [-0.1, -0.05) is 19.1 Å². The van der Waals surface area contributed by atoms with E-state index in [4.69, 9.17) is 4.74 Å². The molecule has 1 N–H and O–H groups in total. The Kier molecular flexibility index (Phi) is 4.61. The molecule has 1 heterocycles. The number of hydrogen-bond donors (Lipinski definition) is 1. The van der Waals surface area contributed by atoms with Gasteiger partial charge in [-0.2, -0.15) is 0 Å². The van der Waals surface area contributed by atoms with Gasteiger partial charge in [-0.3, -0.25) is 0 Å². The van der Waals surface area contributed by atoms with Crippen LogP contribution in [-0.2, 0) is 4.74 Å². The van der Waals surface area contributed by atoms with E-state index in [0.29, 0.717) is 12.1 Å². The molecule has 18 heavy (non-hydrogen) atoms. The summed E-state index contributed by atoms with van der Waals surface area (Å²) in [7, 11) is 0. The summed E-state index contributed by atoms with van der Waals surface area (Å²) in [5.41, 5.74) is 2.65. The van der Waals surface area contributed by atoms with Crippen molar-refractivity contribution >= 4 is 5.69 Å². The van der Waals surface area contributed by atoms with E-state index in [9.17, 15) is 0 Å².